The smallest absolute Gasteiger partial charge is 0.326 e. The molecule has 0 heterocycles. The highest BCUT2D eigenvalue weighted by atomic mass is 16.5. The second-order valence-electron chi connectivity index (χ2n) is 4.45. The molecule has 5 heteroatoms. The molecule has 5 nitrogen and oxygen atoms in total. The van der Waals surface area contributed by atoms with E-state index in [1.807, 2.05) is 27.7 Å². The number of amides is 1. The summed E-state index contributed by atoms with van der Waals surface area (Å²) < 4.78 is 5.08. The monoisotopic (exact) mass is 231 g/mol. The first-order valence-corrected chi connectivity index (χ1v) is 5.46. The summed E-state index contributed by atoms with van der Waals surface area (Å²) >= 11 is 0. The third-order valence-electron chi connectivity index (χ3n) is 1.89. The molecule has 0 aromatic rings. The van der Waals surface area contributed by atoms with Crippen LogP contribution in [0.15, 0.2) is 0 Å². The lowest BCUT2D eigenvalue weighted by Gasteiger charge is -2.16. The average Bonchev–Trinajstić information content (AvgIpc) is 2.12. The maximum Gasteiger partial charge on any atom is 0.326 e. The summed E-state index contributed by atoms with van der Waals surface area (Å²) in [6.45, 7) is 7.35. The molecule has 0 radical (unpaired) electrons. The molecule has 0 aromatic heterocycles. The minimum Gasteiger partial charge on any atom is -0.480 e. The van der Waals surface area contributed by atoms with Gasteiger partial charge in [-0.2, -0.15) is 0 Å². The van der Waals surface area contributed by atoms with E-state index in [-0.39, 0.29) is 24.5 Å². The highest BCUT2D eigenvalue weighted by molar-refractivity contribution is 5.84. The van der Waals surface area contributed by atoms with Crippen LogP contribution in [0.4, 0.5) is 0 Å². The Hall–Kier alpha value is -1.10. The Labute approximate surface area is 96.2 Å². The molecule has 0 fully saturated rings. The van der Waals surface area contributed by atoms with E-state index in [0.717, 1.165) is 0 Å². The Balaban J connectivity index is 4.08. The maximum atomic E-state index is 11.3. The zero-order chi connectivity index (χ0) is 12.7. The van der Waals surface area contributed by atoms with Crippen LogP contribution in [0, 0.1) is 5.92 Å². The lowest BCUT2D eigenvalue weighted by atomic mass is 10.0. The first-order valence-electron chi connectivity index (χ1n) is 5.46. The molecule has 16 heavy (non-hydrogen) atoms. The summed E-state index contributed by atoms with van der Waals surface area (Å²) in [4.78, 5) is 22.2. The van der Waals surface area contributed by atoms with Crippen molar-refractivity contribution in [3.63, 3.8) is 0 Å². The van der Waals surface area contributed by atoms with Gasteiger partial charge in [0.05, 0.1) is 6.10 Å². The van der Waals surface area contributed by atoms with Crippen molar-refractivity contribution in [2.24, 2.45) is 5.92 Å². The number of nitrogens with one attached hydrogen (secondary N) is 1. The zero-order valence-electron chi connectivity index (χ0n) is 10.3. The number of hydrogen-bond donors (Lipinski definition) is 2. The van der Waals surface area contributed by atoms with E-state index in [1.54, 1.807) is 0 Å². The predicted octanol–water partition coefficient (Wildman–Crippen LogP) is 1.03. The van der Waals surface area contributed by atoms with Crippen LogP contribution < -0.4 is 5.32 Å². The molecule has 0 saturated carbocycles. The molecule has 0 rings (SSSR count). The number of rotatable bonds is 7. The summed E-state index contributed by atoms with van der Waals surface area (Å²) in [5.74, 6) is -1.18. The Bertz CT molecular complexity index is 238. The van der Waals surface area contributed by atoms with Crippen molar-refractivity contribution in [1.29, 1.82) is 0 Å². The number of hydrogen-bond acceptors (Lipinski definition) is 3. The van der Waals surface area contributed by atoms with Gasteiger partial charge in [-0.25, -0.2) is 4.79 Å². The van der Waals surface area contributed by atoms with Gasteiger partial charge in [0, 0.05) is 0 Å². The minimum absolute atomic E-state index is 0.0425. The first kappa shape index (κ1) is 14.9. The quantitative estimate of drug-likeness (QED) is 0.686. The van der Waals surface area contributed by atoms with Gasteiger partial charge >= 0.3 is 5.97 Å². The number of carboxylic acid groups (broad SMARTS) is 1. The number of carboxylic acids is 1. The van der Waals surface area contributed by atoms with E-state index in [4.69, 9.17) is 9.84 Å². The van der Waals surface area contributed by atoms with Gasteiger partial charge in [-0.1, -0.05) is 13.8 Å². The summed E-state index contributed by atoms with van der Waals surface area (Å²) in [6.07, 6.45) is 0.377. The van der Waals surface area contributed by atoms with Crippen LogP contribution in [0.25, 0.3) is 0 Å². The van der Waals surface area contributed by atoms with Crippen molar-refractivity contribution in [2.75, 3.05) is 6.61 Å². The highest BCUT2D eigenvalue weighted by Crippen LogP contribution is 2.04. The zero-order valence-corrected chi connectivity index (χ0v) is 10.3. The molecule has 0 spiro atoms. The molecule has 0 saturated heterocycles. The summed E-state index contributed by atoms with van der Waals surface area (Å²) in [5, 5.41) is 11.3. The van der Waals surface area contributed by atoms with Crippen LogP contribution in [0.5, 0.6) is 0 Å². The molecule has 94 valence electrons. The number of ether oxygens (including phenoxy) is 1. The van der Waals surface area contributed by atoms with Crippen molar-refractivity contribution in [2.45, 2.75) is 46.3 Å². The SMILES string of the molecule is CC(C)C[C@@H](NC(=O)COC(C)C)C(=O)O. The van der Waals surface area contributed by atoms with Gasteiger partial charge in [-0.05, 0) is 26.2 Å². The molecule has 1 amide bonds. The van der Waals surface area contributed by atoms with Crippen molar-refractivity contribution < 1.29 is 19.4 Å². The Morgan fingerprint density at radius 3 is 2.19 bits per heavy atom. The second-order valence-corrected chi connectivity index (χ2v) is 4.45. The van der Waals surface area contributed by atoms with Crippen LogP contribution in [0.1, 0.15) is 34.1 Å². The molecule has 1 atom stereocenters. The predicted molar refractivity (Wildman–Crippen MR) is 60.1 cm³/mol. The third-order valence-corrected chi connectivity index (χ3v) is 1.89. The van der Waals surface area contributed by atoms with Gasteiger partial charge < -0.3 is 15.2 Å². The van der Waals surface area contributed by atoms with Gasteiger partial charge in [-0.3, -0.25) is 4.79 Å². The largest absolute Gasteiger partial charge is 0.480 e. The van der Waals surface area contributed by atoms with Crippen molar-refractivity contribution >= 4 is 11.9 Å². The molecule has 0 aliphatic rings. The minimum atomic E-state index is -1.01. The standard InChI is InChI=1S/C11H21NO4/c1-7(2)5-9(11(14)15)12-10(13)6-16-8(3)4/h7-9H,5-6H2,1-4H3,(H,12,13)(H,14,15)/t9-/m1/s1. The van der Waals surface area contributed by atoms with Crippen molar-refractivity contribution in [3.8, 4) is 0 Å². The van der Waals surface area contributed by atoms with E-state index in [1.165, 1.54) is 0 Å². The molecule has 0 unspecified atom stereocenters. The van der Waals surface area contributed by atoms with E-state index >= 15 is 0 Å². The highest BCUT2D eigenvalue weighted by Gasteiger charge is 2.20. The van der Waals surface area contributed by atoms with Gasteiger partial charge in [0.25, 0.3) is 0 Å². The van der Waals surface area contributed by atoms with Crippen LogP contribution in [-0.2, 0) is 14.3 Å². The van der Waals surface area contributed by atoms with E-state index in [2.05, 4.69) is 5.32 Å². The molecule has 0 aliphatic heterocycles. The lowest BCUT2D eigenvalue weighted by Crippen LogP contribution is -2.43. The van der Waals surface area contributed by atoms with Crippen molar-refractivity contribution in [1.82, 2.24) is 5.32 Å². The fourth-order valence-corrected chi connectivity index (χ4v) is 1.17. The molecule has 0 aliphatic carbocycles. The fourth-order valence-electron chi connectivity index (χ4n) is 1.17. The fraction of sp³-hybridized carbons (Fsp3) is 0.818. The van der Waals surface area contributed by atoms with Gasteiger partial charge in [-0.15, -0.1) is 0 Å². The molecule has 0 aromatic carbocycles. The lowest BCUT2D eigenvalue weighted by molar-refractivity contribution is -0.143. The number of carbonyl (C=O) groups is 2. The molecular weight excluding hydrogens is 210 g/mol. The van der Waals surface area contributed by atoms with Crippen LogP contribution in [0.3, 0.4) is 0 Å². The number of aliphatic carboxylic acids is 1. The van der Waals surface area contributed by atoms with E-state index in [9.17, 15) is 9.59 Å². The second kappa shape index (κ2) is 7.22. The third kappa shape index (κ3) is 7.23. The molecular formula is C11H21NO4. The van der Waals surface area contributed by atoms with E-state index in [0.29, 0.717) is 6.42 Å². The summed E-state index contributed by atoms with van der Waals surface area (Å²) in [6, 6.07) is -0.830. The maximum absolute atomic E-state index is 11.3. The Kier molecular flexibility index (Phi) is 6.72. The van der Waals surface area contributed by atoms with Crippen LogP contribution >= 0.6 is 0 Å². The normalized spacial score (nSPS) is 12.9. The average molecular weight is 231 g/mol. The van der Waals surface area contributed by atoms with Gasteiger partial charge in [0.1, 0.15) is 12.6 Å². The Morgan fingerprint density at radius 1 is 1.25 bits per heavy atom. The Morgan fingerprint density at radius 2 is 1.81 bits per heavy atom. The summed E-state index contributed by atoms with van der Waals surface area (Å²) in [5.41, 5.74) is 0. The van der Waals surface area contributed by atoms with Crippen LogP contribution in [0.2, 0.25) is 0 Å². The van der Waals surface area contributed by atoms with Crippen LogP contribution in [-0.4, -0.2) is 35.7 Å². The molecule has 2 N–H and O–H groups in total. The summed E-state index contributed by atoms with van der Waals surface area (Å²) in [7, 11) is 0. The van der Waals surface area contributed by atoms with Gasteiger partial charge in [0.15, 0.2) is 0 Å². The number of carbonyl (C=O) groups excluding carboxylic acids is 1. The first-order chi connectivity index (χ1) is 7.32. The van der Waals surface area contributed by atoms with E-state index < -0.39 is 12.0 Å². The topological polar surface area (TPSA) is 75.6 Å². The van der Waals surface area contributed by atoms with Crippen molar-refractivity contribution in [3.05, 3.63) is 0 Å². The molecule has 0 bridgehead atoms. The van der Waals surface area contributed by atoms with Gasteiger partial charge in [0.2, 0.25) is 5.91 Å².